The number of hydrogen-bond acceptors (Lipinski definition) is 2. The summed E-state index contributed by atoms with van der Waals surface area (Å²) < 4.78 is 0. The van der Waals surface area contributed by atoms with E-state index in [1.54, 1.807) is 11.8 Å². The van der Waals surface area contributed by atoms with Gasteiger partial charge < -0.3 is 5.73 Å². The molecule has 1 unspecified atom stereocenters. The van der Waals surface area contributed by atoms with Gasteiger partial charge in [0.05, 0.1) is 0 Å². The van der Waals surface area contributed by atoms with Crippen molar-refractivity contribution in [3.05, 3.63) is 29.3 Å². The SMILES string of the molecule is CCCCCCC(N)CSc1cccc(Cl)c1. The average Bonchev–Trinajstić information content (AvgIpc) is 2.32. The van der Waals surface area contributed by atoms with Crippen molar-refractivity contribution in [3.63, 3.8) is 0 Å². The van der Waals surface area contributed by atoms with Crippen LogP contribution in [0, 0.1) is 0 Å². The van der Waals surface area contributed by atoms with Gasteiger partial charge in [-0.15, -0.1) is 11.8 Å². The third kappa shape index (κ3) is 6.97. The van der Waals surface area contributed by atoms with Crippen LogP contribution in [0.4, 0.5) is 0 Å². The first-order chi connectivity index (χ1) is 8.22. The summed E-state index contributed by atoms with van der Waals surface area (Å²) >= 11 is 7.73. The number of thioether (sulfide) groups is 1. The fraction of sp³-hybridized carbons (Fsp3) is 0.571. The first kappa shape index (κ1) is 14.9. The molecule has 2 N–H and O–H groups in total. The molecule has 0 radical (unpaired) electrons. The Morgan fingerprint density at radius 1 is 1.29 bits per heavy atom. The van der Waals surface area contributed by atoms with Crippen LogP contribution in [0.15, 0.2) is 29.2 Å². The highest BCUT2D eigenvalue weighted by Gasteiger charge is 2.03. The van der Waals surface area contributed by atoms with Gasteiger partial charge in [-0.05, 0) is 24.6 Å². The Morgan fingerprint density at radius 2 is 2.12 bits per heavy atom. The van der Waals surface area contributed by atoms with Gasteiger partial charge in [0, 0.05) is 21.7 Å². The maximum absolute atomic E-state index is 6.09. The zero-order valence-corrected chi connectivity index (χ0v) is 12.1. The van der Waals surface area contributed by atoms with Gasteiger partial charge in [0.1, 0.15) is 0 Å². The van der Waals surface area contributed by atoms with Crippen LogP contribution in [0.1, 0.15) is 39.0 Å². The average molecular weight is 272 g/mol. The number of rotatable bonds is 8. The lowest BCUT2D eigenvalue weighted by atomic mass is 10.1. The molecule has 1 rings (SSSR count). The lowest BCUT2D eigenvalue weighted by Gasteiger charge is -2.11. The topological polar surface area (TPSA) is 26.0 Å². The molecule has 0 aliphatic heterocycles. The number of benzene rings is 1. The second-order valence-electron chi connectivity index (χ2n) is 4.38. The standard InChI is InChI=1S/C14H22ClNS/c1-2-3-4-5-8-13(16)11-17-14-9-6-7-12(15)10-14/h6-7,9-10,13H,2-5,8,11,16H2,1H3. The molecule has 0 aromatic heterocycles. The fourth-order valence-corrected chi connectivity index (χ4v) is 2.89. The summed E-state index contributed by atoms with van der Waals surface area (Å²) in [4.78, 5) is 1.21. The predicted molar refractivity (Wildman–Crippen MR) is 78.9 cm³/mol. The van der Waals surface area contributed by atoms with E-state index in [1.807, 2.05) is 18.2 Å². The van der Waals surface area contributed by atoms with Gasteiger partial charge in [-0.3, -0.25) is 0 Å². The van der Waals surface area contributed by atoms with Crippen molar-refractivity contribution in [3.8, 4) is 0 Å². The van der Waals surface area contributed by atoms with Crippen molar-refractivity contribution in [1.29, 1.82) is 0 Å². The van der Waals surface area contributed by atoms with Crippen LogP contribution in [0.25, 0.3) is 0 Å². The van der Waals surface area contributed by atoms with Crippen molar-refractivity contribution >= 4 is 23.4 Å². The van der Waals surface area contributed by atoms with Gasteiger partial charge in [0.2, 0.25) is 0 Å². The fourth-order valence-electron chi connectivity index (χ4n) is 1.68. The van der Waals surface area contributed by atoms with Crippen LogP contribution >= 0.6 is 23.4 Å². The molecular weight excluding hydrogens is 250 g/mol. The largest absolute Gasteiger partial charge is 0.327 e. The highest BCUT2D eigenvalue weighted by atomic mass is 35.5. The molecule has 0 saturated heterocycles. The maximum Gasteiger partial charge on any atom is 0.0417 e. The normalized spacial score (nSPS) is 12.6. The summed E-state index contributed by atoms with van der Waals surface area (Å²) in [6.45, 7) is 2.23. The Morgan fingerprint density at radius 3 is 2.82 bits per heavy atom. The summed E-state index contributed by atoms with van der Waals surface area (Å²) in [6, 6.07) is 8.26. The molecule has 0 bridgehead atoms. The van der Waals surface area contributed by atoms with Crippen molar-refractivity contribution in [1.82, 2.24) is 0 Å². The van der Waals surface area contributed by atoms with E-state index < -0.39 is 0 Å². The first-order valence-corrected chi connectivity index (χ1v) is 7.72. The van der Waals surface area contributed by atoms with E-state index in [0.717, 1.165) is 17.2 Å². The summed E-state index contributed by atoms with van der Waals surface area (Å²) in [6.07, 6.45) is 6.31. The van der Waals surface area contributed by atoms with Crippen molar-refractivity contribution in [2.45, 2.75) is 50.0 Å². The number of halogens is 1. The lowest BCUT2D eigenvalue weighted by molar-refractivity contribution is 0.579. The Hall–Kier alpha value is -0.180. The molecule has 0 fully saturated rings. The van der Waals surface area contributed by atoms with Gasteiger partial charge >= 0.3 is 0 Å². The molecule has 0 spiro atoms. The zero-order valence-electron chi connectivity index (χ0n) is 10.5. The third-order valence-electron chi connectivity index (χ3n) is 2.69. The van der Waals surface area contributed by atoms with Crippen molar-refractivity contribution in [2.24, 2.45) is 5.73 Å². The Balaban J connectivity index is 2.17. The summed E-state index contributed by atoms with van der Waals surface area (Å²) in [5.74, 6) is 0.979. The van der Waals surface area contributed by atoms with Gasteiger partial charge in [0.15, 0.2) is 0 Å². The van der Waals surface area contributed by atoms with Crippen LogP contribution in [0.3, 0.4) is 0 Å². The predicted octanol–water partition coefficient (Wildman–Crippen LogP) is 4.73. The number of unbranched alkanes of at least 4 members (excludes halogenated alkanes) is 3. The summed E-state index contributed by atoms with van der Waals surface area (Å²) in [5, 5.41) is 0.798. The van der Waals surface area contributed by atoms with Gasteiger partial charge in [-0.1, -0.05) is 50.3 Å². The van der Waals surface area contributed by atoms with E-state index in [1.165, 1.54) is 30.6 Å². The van der Waals surface area contributed by atoms with E-state index >= 15 is 0 Å². The van der Waals surface area contributed by atoms with Crippen LogP contribution < -0.4 is 5.73 Å². The molecule has 3 heteroatoms. The molecule has 0 aliphatic rings. The van der Waals surface area contributed by atoms with Gasteiger partial charge in [-0.2, -0.15) is 0 Å². The molecule has 17 heavy (non-hydrogen) atoms. The second-order valence-corrected chi connectivity index (χ2v) is 5.91. The molecule has 1 nitrogen and oxygen atoms in total. The minimum atomic E-state index is 0.302. The van der Waals surface area contributed by atoms with Crippen LogP contribution in [0.5, 0.6) is 0 Å². The zero-order chi connectivity index (χ0) is 12.5. The minimum absolute atomic E-state index is 0.302. The second kappa shape index (κ2) is 8.84. The van der Waals surface area contributed by atoms with Crippen molar-refractivity contribution < 1.29 is 0 Å². The highest BCUT2D eigenvalue weighted by molar-refractivity contribution is 7.99. The Bertz CT molecular complexity index is 317. The molecule has 0 saturated carbocycles. The molecule has 96 valence electrons. The summed E-state index contributed by atoms with van der Waals surface area (Å²) in [7, 11) is 0. The molecule has 1 aromatic carbocycles. The third-order valence-corrected chi connectivity index (χ3v) is 4.11. The van der Waals surface area contributed by atoms with Crippen LogP contribution in [-0.2, 0) is 0 Å². The van der Waals surface area contributed by atoms with E-state index in [2.05, 4.69) is 13.0 Å². The maximum atomic E-state index is 6.09. The quantitative estimate of drug-likeness (QED) is 0.546. The smallest absolute Gasteiger partial charge is 0.0417 e. The molecule has 1 atom stereocenters. The Kier molecular flexibility index (Phi) is 7.74. The minimum Gasteiger partial charge on any atom is -0.327 e. The molecular formula is C14H22ClNS. The van der Waals surface area contributed by atoms with Gasteiger partial charge in [-0.25, -0.2) is 0 Å². The lowest BCUT2D eigenvalue weighted by Crippen LogP contribution is -2.22. The number of hydrogen-bond donors (Lipinski definition) is 1. The Labute approximate surface area is 114 Å². The molecule has 0 aliphatic carbocycles. The summed E-state index contributed by atoms with van der Waals surface area (Å²) in [5.41, 5.74) is 6.09. The van der Waals surface area contributed by atoms with Crippen LogP contribution in [-0.4, -0.2) is 11.8 Å². The van der Waals surface area contributed by atoms with E-state index in [9.17, 15) is 0 Å². The highest BCUT2D eigenvalue weighted by Crippen LogP contribution is 2.22. The first-order valence-electron chi connectivity index (χ1n) is 6.36. The molecule has 0 heterocycles. The van der Waals surface area contributed by atoms with Crippen LogP contribution in [0.2, 0.25) is 5.02 Å². The van der Waals surface area contributed by atoms with Gasteiger partial charge in [0.25, 0.3) is 0 Å². The van der Waals surface area contributed by atoms with Crippen molar-refractivity contribution in [2.75, 3.05) is 5.75 Å². The van der Waals surface area contributed by atoms with E-state index in [-0.39, 0.29) is 0 Å². The monoisotopic (exact) mass is 271 g/mol. The van der Waals surface area contributed by atoms with E-state index in [0.29, 0.717) is 6.04 Å². The number of nitrogens with two attached hydrogens (primary N) is 1. The molecule has 0 amide bonds. The van der Waals surface area contributed by atoms with E-state index in [4.69, 9.17) is 17.3 Å². The molecule has 1 aromatic rings.